The first-order valence-electron chi connectivity index (χ1n) is 10.8. The lowest BCUT2D eigenvalue weighted by molar-refractivity contribution is -0.141. The number of carbonyl (C=O) groups excluding carboxylic acids is 1. The number of rotatable bonds is 5. The first-order valence-corrected chi connectivity index (χ1v) is 12.1. The van der Waals surface area contributed by atoms with E-state index in [-0.39, 0.29) is 5.41 Å². The first-order chi connectivity index (χ1) is 15.5. The summed E-state index contributed by atoms with van der Waals surface area (Å²) in [5.41, 5.74) is 5.20. The standard InChI is InChI=1S/C15H23O5P.C12H10/c1-9-7-10(2)13(12(8-9)15(4,5)6)19-14(16)11(3)20-21(17)18;1-3-7-11(8-4-1)12-9-5-2-6-10-12/h7-8,11,21H,1-6H3,(H,17,18);1-10H. The van der Waals surface area contributed by atoms with E-state index in [0.29, 0.717) is 5.75 Å². The molecule has 5 nitrogen and oxygen atoms in total. The minimum Gasteiger partial charge on any atom is -0.424 e. The fourth-order valence-electron chi connectivity index (χ4n) is 3.29. The minimum atomic E-state index is -3.18. The van der Waals surface area contributed by atoms with Gasteiger partial charge in [0.25, 0.3) is 0 Å². The van der Waals surface area contributed by atoms with Gasteiger partial charge < -0.3 is 9.63 Å². The molecule has 6 heteroatoms. The van der Waals surface area contributed by atoms with Crippen LogP contribution in [0.2, 0.25) is 0 Å². The summed E-state index contributed by atoms with van der Waals surface area (Å²) in [4.78, 5) is 20.7. The normalized spacial score (nSPS) is 12.8. The van der Waals surface area contributed by atoms with E-state index >= 15 is 0 Å². The van der Waals surface area contributed by atoms with Crippen LogP contribution in [0.4, 0.5) is 0 Å². The third-order valence-electron chi connectivity index (χ3n) is 4.92. The van der Waals surface area contributed by atoms with Gasteiger partial charge in [-0.05, 0) is 42.9 Å². The van der Waals surface area contributed by atoms with Gasteiger partial charge in [-0.2, -0.15) is 0 Å². The number of hydrogen-bond acceptors (Lipinski definition) is 4. The summed E-state index contributed by atoms with van der Waals surface area (Å²) in [6, 6.07) is 24.7. The Hall–Kier alpha value is -2.72. The monoisotopic (exact) mass is 468 g/mol. The molecule has 3 rings (SSSR count). The van der Waals surface area contributed by atoms with Crippen LogP contribution in [0.1, 0.15) is 44.4 Å². The van der Waals surface area contributed by atoms with Crippen LogP contribution in [0.25, 0.3) is 11.1 Å². The number of carbonyl (C=O) groups is 1. The summed E-state index contributed by atoms with van der Waals surface area (Å²) >= 11 is 0. The van der Waals surface area contributed by atoms with Crippen molar-refractivity contribution in [2.45, 2.75) is 53.1 Å². The Balaban J connectivity index is 0.000000268. The molecule has 0 fully saturated rings. The fourth-order valence-corrected chi connectivity index (χ4v) is 3.69. The van der Waals surface area contributed by atoms with E-state index < -0.39 is 20.3 Å². The maximum absolute atomic E-state index is 12.0. The Kier molecular flexibility index (Phi) is 9.60. The van der Waals surface area contributed by atoms with Gasteiger partial charge in [0.05, 0.1) is 0 Å². The van der Waals surface area contributed by atoms with Crippen molar-refractivity contribution in [1.82, 2.24) is 0 Å². The van der Waals surface area contributed by atoms with Gasteiger partial charge in [0.1, 0.15) is 5.75 Å². The highest BCUT2D eigenvalue weighted by Crippen LogP contribution is 2.35. The Morgan fingerprint density at radius 1 is 0.909 bits per heavy atom. The van der Waals surface area contributed by atoms with Crippen LogP contribution in [-0.2, 0) is 19.3 Å². The van der Waals surface area contributed by atoms with Crippen LogP contribution >= 0.6 is 8.25 Å². The third-order valence-corrected chi connectivity index (χ3v) is 5.48. The molecule has 2 atom stereocenters. The Bertz CT molecular complexity index is 1040. The summed E-state index contributed by atoms with van der Waals surface area (Å²) < 4.78 is 20.7. The molecule has 2 unspecified atom stereocenters. The molecule has 0 aliphatic rings. The van der Waals surface area contributed by atoms with Crippen LogP contribution in [-0.4, -0.2) is 17.0 Å². The highest BCUT2D eigenvalue weighted by molar-refractivity contribution is 7.32. The summed E-state index contributed by atoms with van der Waals surface area (Å²) in [5, 5.41) is 0. The predicted octanol–water partition coefficient (Wildman–Crippen LogP) is 6.65. The SMILES string of the molecule is Cc1cc(C)c(OC(=O)C(C)O[PH](=O)O)c(C(C)(C)C)c1.c1ccc(-c2ccccc2)cc1. The zero-order chi connectivity index (χ0) is 24.6. The van der Waals surface area contributed by atoms with Gasteiger partial charge >= 0.3 is 14.2 Å². The lowest BCUT2D eigenvalue weighted by Crippen LogP contribution is -2.26. The highest BCUT2D eigenvalue weighted by Gasteiger charge is 2.25. The number of benzene rings is 3. The van der Waals surface area contributed by atoms with E-state index in [0.717, 1.165) is 16.7 Å². The second kappa shape index (κ2) is 11.9. The van der Waals surface area contributed by atoms with E-state index in [9.17, 15) is 9.36 Å². The average Bonchev–Trinajstić information content (AvgIpc) is 2.76. The summed E-state index contributed by atoms with van der Waals surface area (Å²) in [6.07, 6.45) is -1.09. The smallest absolute Gasteiger partial charge is 0.340 e. The average molecular weight is 469 g/mol. The molecule has 0 heterocycles. The molecular weight excluding hydrogens is 435 g/mol. The van der Waals surface area contributed by atoms with Crippen LogP contribution in [0.15, 0.2) is 72.8 Å². The lowest BCUT2D eigenvalue weighted by Gasteiger charge is -2.25. The number of ether oxygens (including phenoxy) is 1. The summed E-state index contributed by atoms with van der Waals surface area (Å²) in [7, 11) is -3.18. The molecule has 1 N–H and O–H groups in total. The third kappa shape index (κ3) is 8.29. The largest absolute Gasteiger partial charge is 0.424 e. The van der Waals surface area contributed by atoms with Crippen molar-refractivity contribution in [2.24, 2.45) is 0 Å². The van der Waals surface area contributed by atoms with Crippen molar-refractivity contribution in [3.8, 4) is 16.9 Å². The van der Waals surface area contributed by atoms with Gasteiger partial charge in [-0.1, -0.05) is 99.1 Å². The number of hydrogen-bond donors (Lipinski definition) is 1. The van der Waals surface area contributed by atoms with Crippen molar-refractivity contribution in [1.29, 1.82) is 0 Å². The lowest BCUT2D eigenvalue weighted by atomic mass is 9.84. The topological polar surface area (TPSA) is 72.8 Å². The molecule has 3 aromatic carbocycles. The quantitative estimate of drug-likeness (QED) is 0.258. The molecule has 0 aliphatic carbocycles. The second-order valence-electron chi connectivity index (χ2n) is 8.89. The van der Waals surface area contributed by atoms with Crippen molar-refractivity contribution >= 4 is 14.2 Å². The van der Waals surface area contributed by atoms with Crippen LogP contribution in [0.5, 0.6) is 5.75 Å². The molecule has 0 aliphatic heterocycles. The van der Waals surface area contributed by atoms with Crippen LogP contribution < -0.4 is 4.74 Å². The van der Waals surface area contributed by atoms with Gasteiger partial charge in [-0.3, -0.25) is 9.09 Å². The molecule has 0 amide bonds. The van der Waals surface area contributed by atoms with E-state index in [2.05, 4.69) is 53.1 Å². The Labute approximate surface area is 197 Å². The van der Waals surface area contributed by atoms with Gasteiger partial charge in [-0.15, -0.1) is 0 Å². The Morgan fingerprint density at radius 3 is 1.82 bits per heavy atom. The fraction of sp³-hybridized carbons (Fsp3) is 0.296. The zero-order valence-corrected chi connectivity index (χ0v) is 21.1. The molecule has 33 heavy (non-hydrogen) atoms. The second-order valence-corrected chi connectivity index (χ2v) is 9.66. The first kappa shape index (κ1) is 26.5. The van der Waals surface area contributed by atoms with Crippen LogP contribution in [0, 0.1) is 13.8 Å². The Morgan fingerprint density at radius 2 is 1.39 bits per heavy atom. The summed E-state index contributed by atoms with van der Waals surface area (Å²) in [6.45, 7) is 11.3. The molecule has 176 valence electrons. The van der Waals surface area contributed by atoms with E-state index in [1.807, 2.05) is 58.9 Å². The molecular formula is C27H33O5P. The molecule has 0 saturated heterocycles. The molecule has 0 spiro atoms. The maximum Gasteiger partial charge on any atom is 0.340 e. The van der Waals surface area contributed by atoms with Crippen molar-refractivity contribution < 1.29 is 23.5 Å². The zero-order valence-electron chi connectivity index (χ0n) is 20.1. The minimum absolute atomic E-state index is 0.193. The maximum atomic E-state index is 12.0. The molecule has 0 radical (unpaired) electrons. The van der Waals surface area contributed by atoms with Crippen molar-refractivity contribution in [3.63, 3.8) is 0 Å². The highest BCUT2D eigenvalue weighted by atomic mass is 31.1. The van der Waals surface area contributed by atoms with Crippen molar-refractivity contribution in [3.05, 3.63) is 89.5 Å². The number of aryl methyl sites for hydroxylation is 2. The summed E-state index contributed by atoms with van der Waals surface area (Å²) in [5.74, 6) is -0.189. The van der Waals surface area contributed by atoms with Gasteiger partial charge in [0, 0.05) is 5.56 Å². The van der Waals surface area contributed by atoms with E-state index in [1.54, 1.807) is 0 Å². The van der Waals surface area contributed by atoms with Gasteiger partial charge in [-0.25, -0.2) is 4.79 Å². The van der Waals surface area contributed by atoms with Gasteiger partial charge in [0.2, 0.25) is 0 Å². The predicted molar refractivity (Wildman–Crippen MR) is 134 cm³/mol. The molecule has 3 aromatic rings. The van der Waals surface area contributed by atoms with Gasteiger partial charge in [0.15, 0.2) is 6.10 Å². The van der Waals surface area contributed by atoms with Crippen LogP contribution in [0.3, 0.4) is 0 Å². The molecule has 0 bridgehead atoms. The van der Waals surface area contributed by atoms with E-state index in [4.69, 9.17) is 9.63 Å². The molecule has 0 aromatic heterocycles. The number of esters is 1. The van der Waals surface area contributed by atoms with E-state index in [1.165, 1.54) is 18.1 Å². The van der Waals surface area contributed by atoms with Crippen molar-refractivity contribution in [2.75, 3.05) is 0 Å². The molecule has 0 saturated carbocycles.